The fourth-order valence-electron chi connectivity index (χ4n) is 2.97. The number of hydrogen-bond donors (Lipinski definition) is 1. The molecular weight excluding hydrogens is 379 g/mol. The molecule has 1 N–H and O–H groups in total. The van der Waals surface area contributed by atoms with Gasteiger partial charge in [0, 0.05) is 32.1 Å². The molecular formula is C17H18Cl2N4OS. The van der Waals surface area contributed by atoms with E-state index < -0.39 is 0 Å². The Bertz CT molecular complexity index is 866. The first-order chi connectivity index (χ1) is 12.0. The first-order valence-corrected chi connectivity index (χ1v) is 9.15. The Morgan fingerprint density at radius 1 is 1.32 bits per heavy atom. The highest BCUT2D eigenvalue weighted by Gasteiger charge is 2.25. The summed E-state index contributed by atoms with van der Waals surface area (Å²) in [7, 11) is 1.92. The molecule has 25 heavy (non-hydrogen) atoms. The van der Waals surface area contributed by atoms with Gasteiger partial charge in [-0.3, -0.25) is 9.89 Å². The summed E-state index contributed by atoms with van der Waals surface area (Å²) in [5, 5.41) is 8.10. The van der Waals surface area contributed by atoms with Gasteiger partial charge in [0.05, 0.1) is 10.0 Å². The van der Waals surface area contributed by atoms with Crippen LogP contribution in [0, 0.1) is 4.77 Å². The molecule has 2 aromatic rings. The van der Waals surface area contributed by atoms with E-state index in [-0.39, 0.29) is 5.91 Å². The average molecular weight is 397 g/mol. The van der Waals surface area contributed by atoms with E-state index in [2.05, 4.69) is 10.2 Å². The number of carbonyl (C=O) groups is 1. The fraction of sp³-hybridized carbons (Fsp3) is 0.353. The van der Waals surface area contributed by atoms with Gasteiger partial charge in [0.1, 0.15) is 5.82 Å². The SMILES string of the molecule is Cn1c(C2CCN(C(=O)C=Cc3ccc(Cl)c(Cl)c3)CC2)n[nH]c1=S. The summed E-state index contributed by atoms with van der Waals surface area (Å²) in [5.74, 6) is 1.28. The molecule has 5 nitrogen and oxygen atoms in total. The Labute approximate surface area is 161 Å². The summed E-state index contributed by atoms with van der Waals surface area (Å²) in [6, 6.07) is 5.29. The maximum Gasteiger partial charge on any atom is 0.246 e. The number of carbonyl (C=O) groups excluding carboxylic acids is 1. The molecule has 1 fully saturated rings. The molecule has 1 aromatic carbocycles. The lowest BCUT2D eigenvalue weighted by molar-refractivity contribution is -0.127. The third-order valence-electron chi connectivity index (χ3n) is 4.45. The summed E-state index contributed by atoms with van der Waals surface area (Å²) in [6.45, 7) is 1.41. The molecule has 0 saturated carbocycles. The highest BCUT2D eigenvalue weighted by molar-refractivity contribution is 7.71. The van der Waals surface area contributed by atoms with Crippen LogP contribution in [0.5, 0.6) is 0 Å². The zero-order valence-corrected chi connectivity index (χ0v) is 16.0. The van der Waals surface area contributed by atoms with Crippen molar-refractivity contribution in [3.05, 3.63) is 50.5 Å². The molecule has 8 heteroatoms. The average Bonchev–Trinajstić information content (AvgIpc) is 2.95. The topological polar surface area (TPSA) is 53.9 Å². The Morgan fingerprint density at radius 2 is 2.04 bits per heavy atom. The highest BCUT2D eigenvalue weighted by Crippen LogP contribution is 2.27. The fourth-order valence-corrected chi connectivity index (χ4v) is 3.42. The zero-order valence-electron chi connectivity index (χ0n) is 13.7. The molecule has 3 rings (SSSR count). The highest BCUT2D eigenvalue weighted by atomic mass is 35.5. The minimum Gasteiger partial charge on any atom is -0.339 e. The van der Waals surface area contributed by atoms with E-state index in [0.29, 0.717) is 33.8 Å². The molecule has 1 amide bonds. The monoisotopic (exact) mass is 396 g/mol. The third-order valence-corrected chi connectivity index (χ3v) is 5.55. The van der Waals surface area contributed by atoms with E-state index in [4.69, 9.17) is 35.4 Å². The van der Waals surface area contributed by atoms with Gasteiger partial charge in [-0.25, -0.2) is 0 Å². The normalized spacial score (nSPS) is 15.9. The molecule has 1 aliphatic heterocycles. The van der Waals surface area contributed by atoms with Crippen LogP contribution in [-0.4, -0.2) is 38.7 Å². The number of H-pyrrole nitrogens is 1. The smallest absolute Gasteiger partial charge is 0.246 e. The summed E-state index contributed by atoms with van der Waals surface area (Å²) in [4.78, 5) is 14.2. The van der Waals surface area contributed by atoms with Gasteiger partial charge in [-0.1, -0.05) is 29.3 Å². The largest absolute Gasteiger partial charge is 0.339 e. The van der Waals surface area contributed by atoms with Gasteiger partial charge in [0.15, 0.2) is 4.77 Å². The number of aromatic nitrogens is 3. The minimum atomic E-state index is -0.000108. The van der Waals surface area contributed by atoms with Crippen molar-refractivity contribution in [1.29, 1.82) is 0 Å². The second-order valence-corrected chi connectivity index (χ2v) is 7.25. The summed E-state index contributed by atoms with van der Waals surface area (Å²) in [6.07, 6.45) is 5.09. The van der Waals surface area contributed by atoms with E-state index in [1.54, 1.807) is 24.3 Å². The van der Waals surface area contributed by atoms with Crippen molar-refractivity contribution in [1.82, 2.24) is 19.7 Å². The van der Waals surface area contributed by atoms with Crippen molar-refractivity contribution < 1.29 is 4.79 Å². The van der Waals surface area contributed by atoms with Crippen molar-refractivity contribution >= 4 is 47.4 Å². The number of halogens is 2. The van der Waals surface area contributed by atoms with Crippen molar-refractivity contribution in [3.8, 4) is 0 Å². The Kier molecular flexibility index (Phi) is 5.61. The summed E-state index contributed by atoms with van der Waals surface area (Å²) < 4.78 is 2.53. The first-order valence-electron chi connectivity index (χ1n) is 7.99. The molecule has 1 aliphatic rings. The van der Waals surface area contributed by atoms with Gasteiger partial charge in [-0.05, 0) is 48.8 Å². The maximum atomic E-state index is 12.4. The van der Waals surface area contributed by atoms with E-state index in [1.165, 1.54) is 0 Å². The van der Waals surface area contributed by atoms with Crippen LogP contribution < -0.4 is 0 Å². The molecule has 0 bridgehead atoms. The second kappa shape index (κ2) is 7.72. The Balaban J connectivity index is 1.59. The van der Waals surface area contributed by atoms with Crippen LogP contribution in [0.25, 0.3) is 6.08 Å². The number of piperidine rings is 1. The lowest BCUT2D eigenvalue weighted by Gasteiger charge is -2.30. The van der Waals surface area contributed by atoms with Crippen LogP contribution in [0.15, 0.2) is 24.3 Å². The Hall–Kier alpha value is -1.63. The van der Waals surface area contributed by atoms with Crippen molar-refractivity contribution in [2.45, 2.75) is 18.8 Å². The van der Waals surface area contributed by atoms with Gasteiger partial charge in [-0.2, -0.15) is 5.10 Å². The van der Waals surface area contributed by atoms with Crippen LogP contribution >= 0.6 is 35.4 Å². The van der Waals surface area contributed by atoms with E-state index in [1.807, 2.05) is 22.6 Å². The van der Waals surface area contributed by atoms with Gasteiger partial charge in [0.25, 0.3) is 0 Å². The van der Waals surface area contributed by atoms with Crippen molar-refractivity contribution in [2.24, 2.45) is 7.05 Å². The van der Waals surface area contributed by atoms with Crippen molar-refractivity contribution in [3.63, 3.8) is 0 Å². The molecule has 1 saturated heterocycles. The second-order valence-electron chi connectivity index (χ2n) is 6.05. The standard InChI is InChI=1S/C17H18Cl2N4OS/c1-22-16(20-21-17(22)25)12-6-8-23(9-7-12)15(24)5-3-11-2-4-13(18)14(19)10-11/h2-5,10,12H,6-9H2,1H3,(H,21,25). The number of hydrogen-bond acceptors (Lipinski definition) is 3. The van der Waals surface area contributed by atoms with Gasteiger partial charge in [-0.15, -0.1) is 0 Å². The number of nitrogens with one attached hydrogen (secondary N) is 1. The molecule has 0 unspecified atom stereocenters. The lowest BCUT2D eigenvalue weighted by atomic mass is 9.96. The molecule has 1 aromatic heterocycles. The zero-order chi connectivity index (χ0) is 18.0. The van der Waals surface area contributed by atoms with Crippen molar-refractivity contribution in [2.75, 3.05) is 13.1 Å². The van der Waals surface area contributed by atoms with E-state index in [0.717, 1.165) is 24.2 Å². The number of likely N-dealkylation sites (tertiary alicyclic amines) is 1. The van der Waals surface area contributed by atoms with Gasteiger partial charge < -0.3 is 9.47 Å². The van der Waals surface area contributed by atoms with Crippen LogP contribution in [0.4, 0.5) is 0 Å². The molecule has 2 heterocycles. The number of amides is 1. The number of aromatic amines is 1. The summed E-state index contributed by atoms with van der Waals surface area (Å²) >= 11 is 17.0. The minimum absolute atomic E-state index is 0.000108. The third kappa shape index (κ3) is 4.14. The Morgan fingerprint density at radius 3 is 2.64 bits per heavy atom. The first kappa shape index (κ1) is 18.2. The van der Waals surface area contributed by atoms with Crippen LogP contribution in [0.1, 0.15) is 30.1 Å². The quantitative estimate of drug-likeness (QED) is 0.624. The lowest BCUT2D eigenvalue weighted by Crippen LogP contribution is -2.37. The van der Waals surface area contributed by atoms with Gasteiger partial charge in [0.2, 0.25) is 5.91 Å². The molecule has 0 aliphatic carbocycles. The maximum absolute atomic E-state index is 12.4. The van der Waals surface area contributed by atoms with Crippen LogP contribution in [0.2, 0.25) is 10.0 Å². The molecule has 0 spiro atoms. The predicted octanol–water partition coefficient (Wildman–Crippen LogP) is 4.20. The molecule has 0 atom stereocenters. The van der Waals surface area contributed by atoms with Crippen LogP contribution in [0.3, 0.4) is 0 Å². The number of nitrogens with zero attached hydrogens (tertiary/aromatic N) is 3. The van der Waals surface area contributed by atoms with E-state index >= 15 is 0 Å². The predicted molar refractivity (Wildman–Crippen MR) is 102 cm³/mol. The van der Waals surface area contributed by atoms with Crippen LogP contribution in [-0.2, 0) is 11.8 Å². The van der Waals surface area contributed by atoms with E-state index in [9.17, 15) is 4.79 Å². The molecule has 0 radical (unpaired) electrons. The number of rotatable bonds is 3. The summed E-state index contributed by atoms with van der Waals surface area (Å²) in [5.41, 5.74) is 0.846. The molecule has 132 valence electrons. The van der Waals surface area contributed by atoms with Gasteiger partial charge >= 0.3 is 0 Å². The number of benzene rings is 1.